The Morgan fingerprint density at radius 1 is 0.964 bits per heavy atom. The molecule has 1 amide bonds. The number of nitrogens with two attached hydrogens (primary N) is 1. The van der Waals surface area contributed by atoms with Crippen LogP contribution in [0.4, 0.5) is 5.69 Å². The van der Waals surface area contributed by atoms with Crippen LogP contribution >= 0.6 is 0 Å². The zero-order valence-electron chi connectivity index (χ0n) is 17.2. The van der Waals surface area contributed by atoms with Crippen molar-refractivity contribution < 1.29 is 9.53 Å². The Kier molecular flexibility index (Phi) is 4.19. The van der Waals surface area contributed by atoms with Gasteiger partial charge in [0.25, 0.3) is 0 Å². The number of hydrogen-bond donors (Lipinski definition) is 2. The van der Waals surface area contributed by atoms with E-state index in [0.717, 1.165) is 48.5 Å². The largest absolute Gasteiger partial charge is 0.490 e. The molecule has 7 atom stereocenters. The number of nitrogen functional groups attached to an aromatic ring is 1. The molecule has 4 aliphatic rings. The normalized spacial score (nSPS) is 44.8. The minimum absolute atomic E-state index is 0.263. The third-order valence-electron chi connectivity index (χ3n) is 9.17. The number of rotatable bonds is 2. The maximum absolute atomic E-state index is 12.0. The molecule has 2 unspecified atom stereocenters. The Balaban J connectivity index is 1.36. The Morgan fingerprint density at radius 3 is 2.50 bits per heavy atom. The minimum atomic E-state index is 0.263. The summed E-state index contributed by atoms with van der Waals surface area (Å²) in [4.78, 5) is 12.0. The van der Waals surface area contributed by atoms with E-state index in [-0.39, 0.29) is 16.7 Å². The Bertz CT molecular complexity index is 762. The summed E-state index contributed by atoms with van der Waals surface area (Å²) in [5.74, 6) is 3.50. The van der Waals surface area contributed by atoms with Crippen molar-refractivity contribution >= 4 is 11.6 Å². The van der Waals surface area contributed by atoms with Crippen LogP contribution in [-0.2, 0) is 4.79 Å². The number of piperidine rings is 1. The van der Waals surface area contributed by atoms with E-state index in [0.29, 0.717) is 18.6 Å². The van der Waals surface area contributed by atoms with Gasteiger partial charge in [-0.05, 0) is 92.4 Å². The molecular formula is C24H34N2O2. The highest BCUT2D eigenvalue weighted by molar-refractivity contribution is 5.77. The molecule has 0 bridgehead atoms. The molecule has 3 saturated carbocycles. The van der Waals surface area contributed by atoms with Gasteiger partial charge in [-0.2, -0.15) is 0 Å². The van der Waals surface area contributed by atoms with E-state index in [1.807, 2.05) is 24.3 Å². The number of ether oxygens (including phenoxy) is 1. The van der Waals surface area contributed by atoms with Crippen molar-refractivity contribution in [3.63, 3.8) is 0 Å². The molecular weight excluding hydrogens is 348 g/mol. The van der Waals surface area contributed by atoms with Gasteiger partial charge in [0.05, 0.1) is 0 Å². The molecule has 3 N–H and O–H groups in total. The molecule has 0 aromatic heterocycles. The molecule has 5 rings (SSSR count). The standard InChI is InChI=1S/C24H34N2O2/c1-23-14-12-22(27)26-20(23)9-7-17-18-8-10-21(24(18,2)13-11-19(17)23)28-16-5-3-15(25)4-6-16/h3-6,17-21H,7-14,25H2,1-2H3,(H,26,27)/t17-,18-,19+,20?,21?,23+,24-/m0/s1. The van der Waals surface area contributed by atoms with Crippen molar-refractivity contribution in [3.8, 4) is 5.75 Å². The minimum Gasteiger partial charge on any atom is -0.490 e. The van der Waals surface area contributed by atoms with Gasteiger partial charge in [0.15, 0.2) is 0 Å². The van der Waals surface area contributed by atoms with Crippen LogP contribution in [0.15, 0.2) is 24.3 Å². The Labute approximate surface area is 168 Å². The summed E-state index contributed by atoms with van der Waals surface area (Å²) in [5, 5.41) is 3.33. The molecule has 1 heterocycles. The number of nitrogens with one attached hydrogen (secondary N) is 1. The lowest BCUT2D eigenvalue weighted by molar-refractivity contribution is -0.137. The van der Waals surface area contributed by atoms with Gasteiger partial charge in [0.2, 0.25) is 5.91 Å². The third kappa shape index (κ3) is 2.67. The van der Waals surface area contributed by atoms with E-state index < -0.39 is 0 Å². The molecule has 4 nitrogen and oxygen atoms in total. The summed E-state index contributed by atoms with van der Waals surface area (Å²) in [5.41, 5.74) is 7.17. The number of anilines is 1. The maximum Gasteiger partial charge on any atom is 0.220 e. The van der Waals surface area contributed by atoms with Crippen molar-refractivity contribution in [1.29, 1.82) is 0 Å². The fraction of sp³-hybridized carbons (Fsp3) is 0.708. The number of benzene rings is 1. The molecule has 152 valence electrons. The number of hydrogen-bond acceptors (Lipinski definition) is 3. The van der Waals surface area contributed by atoms with Crippen LogP contribution in [0.3, 0.4) is 0 Å². The lowest BCUT2D eigenvalue weighted by Gasteiger charge is -2.60. The van der Waals surface area contributed by atoms with E-state index in [1.54, 1.807) is 0 Å². The molecule has 1 aromatic carbocycles. The van der Waals surface area contributed by atoms with Gasteiger partial charge < -0.3 is 15.8 Å². The summed E-state index contributed by atoms with van der Waals surface area (Å²) in [6.45, 7) is 4.95. The van der Waals surface area contributed by atoms with Crippen LogP contribution in [0, 0.1) is 28.6 Å². The second-order valence-corrected chi connectivity index (χ2v) is 10.4. The van der Waals surface area contributed by atoms with Gasteiger partial charge in [-0.15, -0.1) is 0 Å². The van der Waals surface area contributed by atoms with Crippen molar-refractivity contribution in [1.82, 2.24) is 5.32 Å². The fourth-order valence-electron chi connectivity index (χ4n) is 7.56. The second-order valence-electron chi connectivity index (χ2n) is 10.4. The Morgan fingerprint density at radius 2 is 1.71 bits per heavy atom. The second kappa shape index (κ2) is 6.40. The van der Waals surface area contributed by atoms with E-state index in [9.17, 15) is 4.79 Å². The average Bonchev–Trinajstić information content (AvgIpc) is 3.00. The van der Waals surface area contributed by atoms with Crippen LogP contribution in [0.25, 0.3) is 0 Å². The van der Waals surface area contributed by atoms with Gasteiger partial charge >= 0.3 is 0 Å². The van der Waals surface area contributed by atoms with Gasteiger partial charge in [-0.25, -0.2) is 0 Å². The highest BCUT2D eigenvalue weighted by atomic mass is 16.5. The van der Waals surface area contributed by atoms with Crippen molar-refractivity contribution in [2.24, 2.45) is 28.6 Å². The molecule has 1 aromatic rings. The SMILES string of the molecule is C[C@]12CCC(=O)NC1CC[C@@H]1[C@H]2CC[C@]2(C)C(Oc3ccc(N)cc3)CC[C@@H]12. The first-order valence-electron chi connectivity index (χ1n) is 11.2. The number of carbonyl (C=O) groups excluding carboxylic acids is 1. The maximum atomic E-state index is 12.0. The van der Waals surface area contributed by atoms with E-state index in [4.69, 9.17) is 10.5 Å². The molecule has 28 heavy (non-hydrogen) atoms. The van der Waals surface area contributed by atoms with Crippen LogP contribution in [0.2, 0.25) is 0 Å². The highest BCUT2D eigenvalue weighted by Crippen LogP contribution is 2.64. The average molecular weight is 383 g/mol. The molecule has 4 heteroatoms. The van der Waals surface area contributed by atoms with Crippen molar-refractivity contribution in [2.45, 2.75) is 77.4 Å². The third-order valence-corrected chi connectivity index (χ3v) is 9.17. The van der Waals surface area contributed by atoms with Crippen LogP contribution in [-0.4, -0.2) is 18.1 Å². The highest BCUT2D eigenvalue weighted by Gasteiger charge is 2.61. The zero-order chi connectivity index (χ0) is 19.5. The number of amides is 1. The lowest BCUT2D eigenvalue weighted by atomic mass is 9.47. The first-order valence-corrected chi connectivity index (χ1v) is 11.2. The summed E-state index contributed by atoms with van der Waals surface area (Å²) in [6.07, 6.45) is 9.46. The van der Waals surface area contributed by atoms with E-state index >= 15 is 0 Å². The van der Waals surface area contributed by atoms with Gasteiger partial charge in [0, 0.05) is 23.6 Å². The summed E-state index contributed by atoms with van der Waals surface area (Å²) < 4.78 is 6.52. The monoisotopic (exact) mass is 382 g/mol. The summed E-state index contributed by atoms with van der Waals surface area (Å²) >= 11 is 0. The molecule has 3 aliphatic carbocycles. The first kappa shape index (κ1) is 18.3. The number of carbonyl (C=O) groups is 1. The Hall–Kier alpha value is -1.71. The molecule has 0 spiro atoms. The van der Waals surface area contributed by atoms with Crippen molar-refractivity contribution in [2.75, 3.05) is 5.73 Å². The van der Waals surface area contributed by atoms with Crippen molar-refractivity contribution in [3.05, 3.63) is 24.3 Å². The van der Waals surface area contributed by atoms with Crippen LogP contribution < -0.4 is 15.8 Å². The molecule has 0 radical (unpaired) electrons. The molecule has 4 fully saturated rings. The quantitative estimate of drug-likeness (QED) is 0.738. The van der Waals surface area contributed by atoms with Gasteiger partial charge in [-0.3, -0.25) is 4.79 Å². The predicted molar refractivity (Wildman–Crippen MR) is 111 cm³/mol. The lowest BCUT2D eigenvalue weighted by Crippen LogP contribution is -2.61. The number of fused-ring (bicyclic) bond motifs is 5. The van der Waals surface area contributed by atoms with Crippen LogP contribution in [0.1, 0.15) is 65.2 Å². The molecule has 1 saturated heterocycles. The smallest absolute Gasteiger partial charge is 0.220 e. The summed E-state index contributed by atoms with van der Waals surface area (Å²) in [6, 6.07) is 8.27. The summed E-state index contributed by atoms with van der Waals surface area (Å²) in [7, 11) is 0. The molecule has 1 aliphatic heterocycles. The van der Waals surface area contributed by atoms with Gasteiger partial charge in [-0.1, -0.05) is 13.8 Å². The fourth-order valence-corrected chi connectivity index (χ4v) is 7.56. The van der Waals surface area contributed by atoms with Crippen LogP contribution in [0.5, 0.6) is 5.75 Å². The van der Waals surface area contributed by atoms with E-state index in [1.165, 1.54) is 25.7 Å². The first-order chi connectivity index (χ1) is 13.4. The van der Waals surface area contributed by atoms with E-state index in [2.05, 4.69) is 19.2 Å². The zero-order valence-corrected chi connectivity index (χ0v) is 17.2. The van der Waals surface area contributed by atoms with Gasteiger partial charge in [0.1, 0.15) is 11.9 Å². The topological polar surface area (TPSA) is 64.3 Å². The predicted octanol–water partition coefficient (Wildman–Crippen LogP) is 4.54.